The highest BCUT2D eigenvalue weighted by Gasteiger charge is 2.33. The smallest absolute Gasteiger partial charge is 0.0825 e. The van der Waals surface area contributed by atoms with Crippen LogP contribution in [-0.2, 0) is 4.74 Å². The van der Waals surface area contributed by atoms with E-state index in [1.165, 1.54) is 25.9 Å². The molecule has 4 heteroatoms. The van der Waals surface area contributed by atoms with Crippen LogP contribution in [0.3, 0.4) is 0 Å². The number of hydrogen-bond donors (Lipinski definition) is 0. The van der Waals surface area contributed by atoms with Gasteiger partial charge in [-0.05, 0) is 19.1 Å². The molecule has 2 aliphatic rings. The molecule has 0 amide bonds. The largest absolute Gasteiger partial charge is 0.379 e. The first kappa shape index (κ1) is 10.7. The lowest BCUT2D eigenvalue weighted by Gasteiger charge is -2.46. The zero-order chi connectivity index (χ0) is 9.97. The fourth-order valence-electron chi connectivity index (χ4n) is 2.31. The van der Waals surface area contributed by atoms with Crippen molar-refractivity contribution in [1.29, 1.82) is 0 Å². The molecule has 0 aromatic carbocycles. The number of rotatable bonds is 3. The van der Waals surface area contributed by atoms with Crippen LogP contribution in [0, 0.1) is 0 Å². The van der Waals surface area contributed by atoms with E-state index in [1.807, 2.05) is 19.1 Å². The topological polar surface area (TPSA) is 15.7 Å². The molecule has 0 bridgehead atoms. The van der Waals surface area contributed by atoms with Crippen molar-refractivity contribution in [3.05, 3.63) is 0 Å². The van der Waals surface area contributed by atoms with Gasteiger partial charge in [0.25, 0.3) is 0 Å². The molecule has 2 rings (SSSR count). The van der Waals surface area contributed by atoms with Crippen LogP contribution in [-0.4, -0.2) is 60.9 Å². The lowest BCUT2D eigenvalue weighted by atomic mass is 10.00. The van der Waals surface area contributed by atoms with Crippen molar-refractivity contribution in [2.75, 3.05) is 39.5 Å². The molecule has 0 aliphatic carbocycles. The van der Waals surface area contributed by atoms with Crippen LogP contribution in [0.2, 0.25) is 0 Å². The Morgan fingerprint density at radius 1 is 1.21 bits per heavy atom. The molecule has 0 unspecified atom stereocenters. The summed E-state index contributed by atoms with van der Waals surface area (Å²) in [7, 11) is 1.82. The molecule has 0 saturated carbocycles. The maximum absolute atomic E-state index is 5.29. The summed E-state index contributed by atoms with van der Waals surface area (Å²) in [6.07, 6.45) is 5.34. The van der Waals surface area contributed by atoms with Crippen LogP contribution < -0.4 is 0 Å². The maximum Gasteiger partial charge on any atom is 0.0825 e. The first-order valence-electron chi connectivity index (χ1n) is 5.39. The van der Waals surface area contributed by atoms with Gasteiger partial charge in [-0.3, -0.25) is 9.21 Å². The van der Waals surface area contributed by atoms with Gasteiger partial charge in [-0.15, -0.1) is 0 Å². The van der Waals surface area contributed by atoms with E-state index in [-0.39, 0.29) is 0 Å². The molecule has 0 spiro atoms. The molecular weight excluding hydrogens is 196 g/mol. The second-order valence-corrected chi connectivity index (χ2v) is 5.04. The van der Waals surface area contributed by atoms with E-state index in [2.05, 4.69) is 15.5 Å². The lowest BCUT2D eigenvalue weighted by Crippen LogP contribution is -2.58. The Hall–Kier alpha value is 0.230. The van der Waals surface area contributed by atoms with Gasteiger partial charge in [0.2, 0.25) is 0 Å². The Labute approximate surface area is 90.9 Å². The summed E-state index contributed by atoms with van der Waals surface area (Å²) in [6.45, 7) is 4.81. The Balaban J connectivity index is 1.69. The zero-order valence-electron chi connectivity index (χ0n) is 9.11. The first-order valence-corrected chi connectivity index (χ1v) is 6.57. The predicted octanol–water partition coefficient (Wildman–Crippen LogP) is 1.06. The molecule has 2 fully saturated rings. The average Bonchev–Trinajstić information content (AvgIpc) is 2.17. The van der Waals surface area contributed by atoms with Crippen LogP contribution in [0.15, 0.2) is 0 Å². The third-order valence-electron chi connectivity index (χ3n) is 3.41. The summed E-state index contributed by atoms with van der Waals surface area (Å²) in [5.41, 5.74) is 0. The molecule has 0 radical (unpaired) electrons. The number of methoxy groups -OCH3 is 1. The SMILES string of the molecule is COC1CN(C2CCN(SC)CC2)C1. The van der Waals surface area contributed by atoms with E-state index < -0.39 is 0 Å². The van der Waals surface area contributed by atoms with Crippen molar-refractivity contribution in [1.82, 2.24) is 9.21 Å². The quantitative estimate of drug-likeness (QED) is 0.655. The fraction of sp³-hybridized carbons (Fsp3) is 1.00. The summed E-state index contributed by atoms with van der Waals surface area (Å²) in [5.74, 6) is 0. The van der Waals surface area contributed by atoms with Crippen LogP contribution in [0.4, 0.5) is 0 Å². The van der Waals surface area contributed by atoms with Crippen LogP contribution >= 0.6 is 11.9 Å². The normalized spacial score (nSPS) is 27.9. The fourth-order valence-corrected chi connectivity index (χ4v) is 2.88. The van der Waals surface area contributed by atoms with E-state index in [1.54, 1.807) is 0 Å². The molecule has 3 nitrogen and oxygen atoms in total. The summed E-state index contributed by atoms with van der Waals surface area (Å²) in [6, 6.07) is 0.824. The molecule has 0 N–H and O–H groups in total. The minimum Gasteiger partial charge on any atom is -0.379 e. The molecule has 0 atom stereocenters. The van der Waals surface area contributed by atoms with E-state index >= 15 is 0 Å². The molecule has 14 heavy (non-hydrogen) atoms. The van der Waals surface area contributed by atoms with Crippen LogP contribution in [0.5, 0.6) is 0 Å². The number of likely N-dealkylation sites (tertiary alicyclic amines) is 1. The van der Waals surface area contributed by atoms with Gasteiger partial charge < -0.3 is 4.74 Å². The minimum absolute atomic E-state index is 0.508. The average molecular weight is 216 g/mol. The Bertz CT molecular complexity index is 177. The Kier molecular flexibility index (Phi) is 3.71. The van der Waals surface area contributed by atoms with Gasteiger partial charge in [-0.25, -0.2) is 0 Å². The molecule has 2 aliphatic heterocycles. The molecule has 82 valence electrons. The number of ether oxygens (including phenoxy) is 1. The maximum atomic E-state index is 5.29. The second-order valence-electron chi connectivity index (χ2n) is 4.15. The summed E-state index contributed by atoms with van der Waals surface area (Å²) < 4.78 is 7.76. The van der Waals surface area contributed by atoms with Gasteiger partial charge >= 0.3 is 0 Å². The van der Waals surface area contributed by atoms with Crippen molar-refractivity contribution in [3.8, 4) is 0 Å². The monoisotopic (exact) mass is 216 g/mol. The van der Waals surface area contributed by atoms with Gasteiger partial charge in [0.15, 0.2) is 0 Å². The predicted molar refractivity (Wildman–Crippen MR) is 60.5 cm³/mol. The van der Waals surface area contributed by atoms with Gasteiger partial charge in [-0.2, -0.15) is 0 Å². The van der Waals surface area contributed by atoms with Crippen molar-refractivity contribution in [2.45, 2.75) is 25.0 Å². The van der Waals surface area contributed by atoms with E-state index in [4.69, 9.17) is 4.74 Å². The highest BCUT2D eigenvalue weighted by molar-refractivity contribution is 7.96. The Morgan fingerprint density at radius 2 is 1.86 bits per heavy atom. The van der Waals surface area contributed by atoms with E-state index in [0.717, 1.165) is 19.1 Å². The van der Waals surface area contributed by atoms with Gasteiger partial charge in [0.1, 0.15) is 0 Å². The highest BCUT2D eigenvalue weighted by atomic mass is 32.2. The van der Waals surface area contributed by atoms with Crippen molar-refractivity contribution < 1.29 is 4.74 Å². The summed E-state index contributed by atoms with van der Waals surface area (Å²) in [5, 5.41) is 0. The van der Waals surface area contributed by atoms with Crippen molar-refractivity contribution >= 4 is 11.9 Å². The summed E-state index contributed by atoms with van der Waals surface area (Å²) in [4.78, 5) is 2.58. The van der Waals surface area contributed by atoms with Gasteiger partial charge in [0, 0.05) is 39.3 Å². The Morgan fingerprint density at radius 3 is 2.36 bits per heavy atom. The molecule has 2 heterocycles. The van der Waals surface area contributed by atoms with E-state index in [9.17, 15) is 0 Å². The molecule has 0 aromatic rings. The van der Waals surface area contributed by atoms with E-state index in [0.29, 0.717) is 6.10 Å². The highest BCUT2D eigenvalue weighted by Crippen LogP contribution is 2.24. The number of nitrogens with zero attached hydrogens (tertiary/aromatic N) is 2. The molecule has 2 saturated heterocycles. The molecule has 0 aromatic heterocycles. The minimum atomic E-state index is 0.508. The first-order chi connectivity index (χ1) is 6.83. The lowest BCUT2D eigenvalue weighted by molar-refractivity contribution is -0.0582. The van der Waals surface area contributed by atoms with Gasteiger partial charge in [-0.1, -0.05) is 11.9 Å². The molecular formula is C10H20N2OS. The van der Waals surface area contributed by atoms with Crippen LogP contribution in [0.25, 0.3) is 0 Å². The third kappa shape index (κ3) is 2.24. The van der Waals surface area contributed by atoms with Crippen molar-refractivity contribution in [2.24, 2.45) is 0 Å². The number of piperidine rings is 1. The van der Waals surface area contributed by atoms with Gasteiger partial charge in [0.05, 0.1) is 6.10 Å². The number of hydrogen-bond acceptors (Lipinski definition) is 4. The third-order valence-corrected chi connectivity index (χ3v) is 4.29. The van der Waals surface area contributed by atoms with Crippen molar-refractivity contribution in [3.63, 3.8) is 0 Å². The summed E-state index contributed by atoms with van der Waals surface area (Å²) >= 11 is 1.88. The standard InChI is InChI=1S/C10H20N2OS/c1-13-10-7-11(8-10)9-3-5-12(14-2)6-4-9/h9-10H,3-8H2,1-2H3. The van der Waals surface area contributed by atoms with Crippen LogP contribution in [0.1, 0.15) is 12.8 Å². The zero-order valence-corrected chi connectivity index (χ0v) is 9.92. The second kappa shape index (κ2) is 4.84.